The molecule has 0 amide bonds. The maximum absolute atomic E-state index is 13.1. The number of fused-ring (bicyclic) bond motifs is 1. The molecule has 0 aliphatic carbocycles. The number of hydrogen-bond acceptors (Lipinski definition) is 7. The Kier molecular flexibility index (Phi) is 8.54. The standard InChI is InChI=1S/C27H41N7O2/c1-6-8-24(25-29-30-31-34(25)27(4,5)7-2)33(12-11-32-13-15-36-16-14-32)19-22-18-21-17-20(3)9-10-23(21)28-26(22)35/h9-10,17-18,24H,6-8,11-16,19H2,1-5H3,(H,28,35)/t24-/m1/s1. The van der Waals surface area contributed by atoms with Crippen molar-refractivity contribution in [2.45, 2.75) is 72.0 Å². The number of aromatic amines is 1. The molecule has 9 nitrogen and oxygen atoms in total. The number of hydrogen-bond donors (Lipinski definition) is 1. The van der Waals surface area contributed by atoms with Gasteiger partial charge in [-0.15, -0.1) is 5.10 Å². The van der Waals surface area contributed by atoms with Crippen LogP contribution in [0.5, 0.6) is 0 Å². The van der Waals surface area contributed by atoms with Crippen molar-refractivity contribution in [2.24, 2.45) is 0 Å². The molecule has 0 unspecified atom stereocenters. The summed E-state index contributed by atoms with van der Waals surface area (Å²) in [5.41, 5.74) is 2.58. The summed E-state index contributed by atoms with van der Waals surface area (Å²) in [6, 6.07) is 8.18. The smallest absolute Gasteiger partial charge is 0.252 e. The molecule has 0 spiro atoms. The molecule has 1 saturated heterocycles. The normalized spacial score (nSPS) is 16.2. The minimum atomic E-state index is -0.196. The van der Waals surface area contributed by atoms with Gasteiger partial charge in [-0.05, 0) is 67.6 Å². The fourth-order valence-electron chi connectivity index (χ4n) is 4.88. The van der Waals surface area contributed by atoms with Crippen molar-refractivity contribution in [3.63, 3.8) is 0 Å². The zero-order valence-electron chi connectivity index (χ0n) is 22.5. The Morgan fingerprint density at radius 2 is 1.97 bits per heavy atom. The van der Waals surface area contributed by atoms with Crippen LogP contribution in [0.1, 0.15) is 70.0 Å². The molecule has 0 radical (unpaired) electrons. The Hall–Kier alpha value is -2.62. The van der Waals surface area contributed by atoms with Gasteiger partial charge in [0.25, 0.3) is 5.56 Å². The van der Waals surface area contributed by atoms with Crippen molar-refractivity contribution in [1.82, 2.24) is 35.0 Å². The Balaban J connectivity index is 1.70. The quantitative estimate of drug-likeness (QED) is 0.434. The number of nitrogens with zero attached hydrogens (tertiary/aromatic N) is 6. The van der Waals surface area contributed by atoms with Crippen LogP contribution in [0.3, 0.4) is 0 Å². The van der Waals surface area contributed by atoms with Crippen LogP contribution in [0, 0.1) is 6.92 Å². The van der Waals surface area contributed by atoms with Crippen molar-refractivity contribution in [3.8, 4) is 0 Å². The SMILES string of the molecule is CCC[C@H](c1nnnn1C(C)(C)CC)N(CCN1CCOCC1)Cc1cc2cc(C)ccc2[nH]c1=O. The molecule has 3 heterocycles. The first kappa shape index (κ1) is 26.4. The summed E-state index contributed by atoms with van der Waals surface area (Å²) in [4.78, 5) is 21.1. The van der Waals surface area contributed by atoms with Crippen LogP contribution in [0.15, 0.2) is 29.1 Å². The van der Waals surface area contributed by atoms with Crippen LogP contribution in [0.25, 0.3) is 10.9 Å². The maximum atomic E-state index is 13.1. The lowest BCUT2D eigenvalue weighted by molar-refractivity contribution is 0.0286. The first-order chi connectivity index (χ1) is 17.3. The highest BCUT2D eigenvalue weighted by Crippen LogP contribution is 2.30. The molecule has 1 aliphatic rings. The highest BCUT2D eigenvalue weighted by molar-refractivity contribution is 5.79. The van der Waals surface area contributed by atoms with E-state index < -0.39 is 0 Å². The summed E-state index contributed by atoms with van der Waals surface area (Å²) < 4.78 is 7.54. The summed E-state index contributed by atoms with van der Waals surface area (Å²) in [7, 11) is 0. The molecule has 0 saturated carbocycles. The fourth-order valence-corrected chi connectivity index (χ4v) is 4.88. The van der Waals surface area contributed by atoms with Crippen LogP contribution < -0.4 is 5.56 Å². The average Bonchev–Trinajstić information content (AvgIpc) is 3.37. The second kappa shape index (κ2) is 11.6. The highest BCUT2D eigenvalue weighted by atomic mass is 16.5. The van der Waals surface area contributed by atoms with E-state index in [0.29, 0.717) is 6.54 Å². The summed E-state index contributed by atoms with van der Waals surface area (Å²) in [6.45, 7) is 16.4. The summed E-state index contributed by atoms with van der Waals surface area (Å²) in [6.07, 6.45) is 2.82. The Bertz CT molecular complexity index is 1200. The van der Waals surface area contributed by atoms with Crippen LogP contribution in [0.4, 0.5) is 0 Å². The molecule has 1 fully saturated rings. The van der Waals surface area contributed by atoms with Crippen LogP contribution >= 0.6 is 0 Å². The van der Waals surface area contributed by atoms with E-state index in [1.54, 1.807) is 0 Å². The lowest BCUT2D eigenvalue weighted by atomic mass is 10.0. The summed E-state index contributed by atoms with van der Waals surface area (Å²) in [5.74, 6) is 0.874. The molecule has 1 atom stereocenters. The molecule has 3 aromatic rings. The number of aromatic nitrogens is 5. The van der Waals surface area contributed by atoms with E-state index in [0.717, 1.165) is 80.9 Å². The number of benzene rings is 1. The van der Waals surface area contributed by atoms with Gasteiger partial charge in [0.1, 0.15) is 0 Å². The molecule has 36 heavy (non-hydrogen) atoms. The second-order valence-corrected chi connectivity index (χ2v) is 10.6. The van der Waals surface area contributed by atoms with Gasteiger partial charge in [-0.2, -0.15) is 0 Å². The molecular weight excluding hydrogens is 454 g/mol. The molecule has 4 rings (SSSR count). The molecular formula is C27H41N7O2. The van der Waals surface area contributed by atoms with Gasteiger partial charge in [-0.3, -0.25) is 14.6 Å². The fraction of sp³-hybridized carbons (Fsp3) is 0.630. The van der Waals surface area contributed by atoms with Gasteiger partial charge < -0.3 is 9.72 Å². The van der Waals surface area contributed by atoms with Gasteiger partial charge in [-0.25, -0.2) is 4.68 Å². The van der Waals surface area contributed by atoms with E-state index >= 15 is 0 Å². The molecule has 0 bridgehead atoms. The molecule has 196 valence electrons. The van der Waals surface area contributed by atoms with Crippen molar-refractivity contribution in [1.29, 1.82) is 0 Å². The number of pyridine rings is 1. The van der Waals surface area contributed by atoms with Crippen molar-refractivity contribution >= 4 is 10.9 Å². The maximum Gasteiger partial charge on any atom is 0.252 e. The minimum Gasteiger partial charge on any atom is -0.379 e. The second-order valence-electron chi connectivity index (χ2n) is 10.6. The monoisotopic (exact) mass is 495 g/mol. The van der Waals surface area contributed by atoms with Crippen LogP contribution in [0.2, 0.25) is 0 Å². The lowest BCUT2D eigenvalue weighted by Gasteiger charge is -2.35. The lowest BCUT2D eigenvalue weighted by Crippen LogP contribution is -2.43. The molecule has 1 aromatic carbocycles. The summed E-state index contributed by atoms with van der Waals surface area (Å²) >= 11 is 0. The predicted octanol–water partition coefficient (Wildman–Crippen LogP) is 3.64. The first-order valence-corrected chi connectivity index (χ1v) is 13.3. The molecule has 9 heteroatoms. The third kappa shape index (κ3) is 6.02. The Labute approximate surface area is 213 Å². The third-order valence-electron chi connectivity index (χ3n) is 7.49. The zero-order chi connectivity index (χ0) is 25.7. The summed E-state index contributed by atoms with van der Waals surface area (Å²) in [5, 5.41) is 14.1. The zero-order valence-corrected chi connectivity index (χ0v) is 22.5. The van der Waals surface area contributed by atoms with Gasteiger partial charge in [-0.1, -0.05) is 31.9 Å². The van der Waals surface area contributed by atoms with Gasteiger partial charge in [0.2, 0.25) is 0 Å². The Morgan fingerprint density at radius 1 is 1.19 bits per heavy atom. The number of H-pyrrole nitrogens is 1. The van der Waals surface area contributed by atoms with Crippen LogP contribution in [-0.4, -0.2) is 74.4 Å². The minimum absolute atomic E-state index is 0.00414. The molecule has 1 aliphatic heterocycles. The van der Waals surface area contributed by atoms with Gasteiger partial charge in [0.15, 0.2) is 5.82 Å². The van der Waals surface area contributed by atoms with E-state index in [-0.39, 0.29) is 17.1 Å². The van der Waals surface area contributed by atoms with E-state index in [1.165, 1.54) is 5.56 Å². The number of morpholine rings is 1. The third-order valence-corrected chi connectivity index (χ3v) is 7.49. The van der Waals surface area contributed by atoms with E-state index in [9.17, 15) is 4.79 Å². The van der Waals surface area contributed by atoms with Gasteiger partial charge >= 0.3 is 0 Å². The number of nitrogens with one attached hydrogen (secondary N) is 1. The first-order valence-electron chi connectivity index (χ1n) is 13.3. The number of tetrazole rings is 1. The largest absolute Gasteiger partial charge is 0.379 e. The average molecular weight is 496 g/mol. The van der Waals surface area contributed by atoms with Crippen molar-refractivity contribution < 1.29 is 4.74 Å². The van der Waals surface area contributed by atoms with Crippen molar-refractivity contribution in [2.75, 3.05) is 39.4 Å². The highest BCUT2D eigenvalue weighted by Gasteiger charge is 2.31. The van der Waals surface area contributed by atoms with E-state index in [1.807, 2.05) is 22.9 Å². The predicted molar refractivity (Wildman–Crippen MR) is 142 cm³/mol. The number of ether oxygens (including phenoxy) is 1. The topological polar surface area (TPSA) is 92.2 Å². The number of rotatable bonds is 11. The van der Waals surface area contributed by atoms with Crippen molar-refractivity contribution in [3.05, 3.63) is 51.6 Å². The van der Waals surface area contributed by atoms with Gasteiger partial charge in [0.05, 0.1) is 24.8 Å². The van der Waals surface area contributed by atoms with Crippen LogP contribution in [-0.2, 0) is 16.8 Å². The molecule has 2 aromatic heterocycles. The van der Waals surface area contributed by atoms with E-state index in [4.69, 9.17) is 4.74 Å². The van der Waals surface area contributed by atoms with E-state index in [2.05, 4.69) is 71.0 Å². The number of aryl methyl sites for hydroxylation is 1. The van der Waals surface area contributed by atoms with Gasteiger partial charge in [0, 0.05) is 43.8 Å². The molecule has 1 N–H and O–H groups in total. The Morgan fingerprint density at radius 3 is 2.69 bits per heavy atom.